The van der Waals surface area contributed by atoms with Crippen LogP contribution in [0.5, 0.6) is 0 Å². The number of piperazine rings is 1. The number of hydrogen-bond donors (Lipinski definition) is 1. The summed E-state index contributed by atoms with van der Waals surface area (Å²) in [7, 11) is 0. The standard InChI is InChI=1S/C15H17FN4O/c1-11-9-19(7-6-18-11)15(21)14-8-17-10-20(14)13-4-2-12(16)3-5-13/h2-5,8,10-11,18H,6-7,9H2,1H3. The topological polar surface area (TPSA) is 50.2 Å². The van der Waals surface area contributed by atoms with Gasteiger partial charge in [-0.3, -0.25) is 9.36 Å². The van der Waals surface area contributed by atoms with Crippen LogP contribution in [0, 0.1) is 5.82 Å². The molecule has 1 fully saturated rings. The number of hydrogen-bond acceptors (Lipinski definition) is 3. The van der Waals surface area contributed by atoms with Crippen molar-refractivity contribution in [3.05, 3.63) is 48.3 Å². The molecule has 6 heteroatoms. The quantitative estimate of drug-likeness (QED) is 0.910. The molecule has 1 aliphatic rings. The van der Waals surface area contributed by atoms with Gasteiger partial charge in [0.05, 0.1) is 12.5 Å². The average Bonchev–Trinajstić information content (AvgIpc) is 2.96. The lowest BCUT2D eigenvalue weighted by Gasteiger charge is -2.31. The zero-order valence-corrected chi connectivity index (χ0v) is 11.8. The van der Waals surface area contributed by atoms with Gasteiger partial charge in [-0.25, -0.2) is 9.37 Å². The first kappa shape index (κ1) is 13.8. The van der Waals surface area contributed by atoms with Gasteiger partial charge in [0.1, 0.15) is 11.5 Å². The Labute approximate surface area is 122 Å². The maximum atomic E-state index is 13.0. The van der Waals surface area contributed by atoms with Gasteiger partial charge in [0.15, 0.2) is 0 Å². The normalized spacial score (nSPS) is 18.8. The number of rotatable bonds is 2. The van der Waals surface area contributed by atoms with Gasteiger partial charge in [0, 0.05) is 31.4 Å². The predicted octanol–water partition coefficient (Wildman–Crippen LogP) is 1.45. The van der Waals surface area contributed by atoms with E-state index in [9.17, 15) is 9.18 Å². The first-order chi connectivity index (χ1) is 10.1. The highest BCUT2D eigenvalue weighted by Crippen LogP contribution is 2.14. The Hall–Kier alpha value is -2.21. The molecule has 1 aliphatic heterocycles. The Kier molecular flexibility index (Phi) is 3.70. The van der Waals surface area contributed by atoms with Crippen LogP contribution >= 0.6 is 0 Å². The van der Waals surface area contributed by atoms with Gasteiger partial charge in [0.25, 0.3) is 5.91 Å². The van der Waals surface area contributed by atoms with Crippen molar-refractivity contribution < 1.29 is 9.18 Å². The fraction of sp³-hybridized carbons (Fsp3) is 0.333. The summed E-state index contributed by atoms with van der Waals surface area (Å²) in [4.78, 5) is 18.5. The van der Waals surface area contributed by atoms with Crippen LogP contribution in [0.15, 0.2) is 36.8 Å². The van der Waals surface area contributed by atoms with Crippen molar-refractivity contribution in [1.82, 2.24) is 19.8 Å². The predicted molar refractivity (Wildman–Crippen MR) is 76.9 cm³/mol. The minimum Gasteiger partial charge on any atom is -0.334 e. The highest BCUT2D eigenvalue weighted by atomic mass is 19.1. The van der Waals surface area contributed by atoms with Crippen molar-refractivity contribution in [2.24, 2.45) is 0 Å². The number of nitrogens with zero attached hydrogens (tertiary/aromatic N) is 3. The fourth-order valence-electron chi connectivity index (χ4n) is 2.54. The summed E-state index contributed by atoms with van der Waals surface area (Å²) >= 11 is 0. The van der Waals surface area contributed by atoms with Crippen molar-refractivity contribution in [1.29, 1.82) is 0 Å². The molecule has 3 rings (SSSR count). The van der Waals surface area contributed by atoms with Crippen LogP contribution in [-0.4, -0.2) is 46.0 Å². The van der Waals surface area contributed by atoms with Crippen LogP contribution in [0.1, 0.15) is 17.4 Å². The largest absolute Gasteiger partial charge is 0.334 e. The average molecular weight is 288 g/mol. The third-order valence-electron chi connectivity index (χ3n) is 3.62. The monoisotopic (exact) mass is 288 g/mol. The van der Waals surface area contributed by atoms with E-state index >= 15 is 0 Å². The van der Waals surface area contributed by atoms with Gasteiger partial charge in [-0.05, 0) is 31.2 Å². The van der Waals surface area contributed by atoms with Crippen LogP contribution in [0.25, 0.3) is 5.69 Å². The number of halogens is 1. The zero-order valence-electron chi connectivity index (χ0n) is 11.8. The van der Waals surface area contributed by atoms with Gasteiger partial charge < -0.3 is 10.2 Å². The van der Waals surface area contributed by atoms with E-state index < -0.39 is 0 Å². The van der Waals surface area contributed by atoms with Gasteiger partial charge in [-0.2, -0.15) is 0 Å². The van der Waals surface area contributed by atoms with E-state index in [2.05, 4.69) is 17.2 Å². The highest BCUT2D eigenvalue weighted by Gasteiger charge is 2.24. The van der Waals surface area contributed by atoms with Crippen LogP contribution in [0.2, 0.25) is 0 Å². The lowest BCUT2D eigenvalue weighted by atomic mass is 10.2. The number of carbonyl (C=O) groups is 1. The highest BCUT2D eigenvalue weighted by molar-refractivity contribution is 5.93. The summed E-state index contributed by atoms with van der Waals surface area (Å²) in [6.07, 6.45) is 3.13. The molecule has 1 aromatic heterocycles. The third kappa shape index (κ3) is 2.80. The molecule has 1 atom stereocenters. The summed E-state index contributed by atoms with van der Waals surface area (Å²) in [6.45, 7) is 4.19. The minimum absolute atomic E-state index is 0.0508. The lowest BCUT2D eigenvalue weighted by Crippen LogP contribution is -2.51. The number of amides is 1. The van der Waals surface area contributed by atoms with Gasteiger partial charge in [-0.1, -0.05) is 0 Å². The van der Waals surface area contributed by atoms with Gasteiger partial charge >= 0.3 is 0 Å². The van der Waals surface area contributed by atoms with E-state index in [4.69, 9.17) is 0 Å². The second kappa shape index (κ2) is 5.65. The van der Waals surface area contributed by atoms with E-state index in [0.717, 1.165) is 12.2 Å². The van der Waals surface area contributed by atoms with E-state index in [0.29, 0.717) is 18.8 Å². The minimum atomic E-state index is -0.303. The molecule has 1 saturated heterocycles. The molecule has 2 heterocycles. The molecule has 1 N–H and O–H groups in total. The van der Waals surface area contributed by atoms with Gasteiger partial charge in [0.2, 0.25) is 0 Å². The van der Waals surface area contributed by atoms with Crippen molar-refractivity contribution in [3.63, 3.8) is 0 Å². The second-order valence-electron chi connectivity index (χ2n) is 5.23. The smallest absolute Gasteiger partial charge is 0.272 e. The van der Waals surface area contributed by atoms with Crippen LogP contribution < -0.4 is 5.32 Å². The van der Waals surface area contributed by atoms with E-state index in [1.165, 1.54) is 12.1 Å². The molecule has 0 aliphatic carbocycles. The summed E-state index contributed by atoms with van der Waals surface area (Å²) in [5.74, 6) is -0.354. The molecular formula is C15H17FN4O. The van der Waals surface area contributed by atoms with Crippen molar-refractivity contribution in [2.45, 2.75) is 13.0 Å². The number of nitrogens with one attached hydrogen (secondary N) is 1. The first-order valence-electron chi connectivity index (χ1n) is 6.96. The van der Waals surface area contributed by atoms with E-state index in [-0.39, 0.29) is 17.8 Å². The summed E-state index contributed by atoms with van der Waals surface area (Å²) in [6, 6.07) is 6.29. The molecule has 0 bridgehead atoms. The van der Waals surface area contributed by atoms with Crippen molar-refractivity contribution >= 4 is 5.91 Å². The van der Waals surface area contributed by atoms with Crippen LogP contribution in [0.3, 0.4) is 0 Å². The number of imidazole rings is 1. The van der Waals surface area contributed by atoms with Crippen LogP contribution in [-0.2, 0) is 0 Å². The van der Waals surface area contributed by atoms with E-state index in [1.54, 1.807) is 29.2 Å². The molecule has 21 heavy (non-hydrogen) atoms. The molecule has 1 unspecified atom stereocenters. The molecular weight excluding hydrogens is 271 g/mol. The molecule has 5 nitrogen and oxygen atoms in total. The molecule has 0 spiro atoms. The Balaban J connectivity index is 1.88. The maximum absolute atomic E-state index is 13.0. The fourth-order valence-corrected chi connectivity index (χ4v) is 2.54. The van der Waals surface area contributed by atoms with Crippen molar-refractivity contribution in [2.75, 3.05) is 19.6 Å². The summed E-state index contributed by atoms with van der Waals surface area (Å²) in [5.41, 5.74) is 1.22. The second-order valence-corrected chi connectivity index (χ2v) is 5.23. The summed E-state index contributed by atoms with van der Waals surface area (Å²) < 4.78 is 14.7. The number of benzene rings is 1. The molecule has 0 radical (unpaired) electrons. The lowest BCUT2D eigenvalue weighted by molar-refractivity contribution is 0.0701. The van der Waals surface area contributed by atoms with Gasteiger partial charge in [-0.15, -0.1) is 0 Å². The molecule has 1 aromatic carbocycles. The maximum Gasteiger partial charge on any atom is 0.272 e. The number of aromatic nitrogens is 2. The molecule has 110 valence electrons. The molecule has 1 amide bonds. The molecule has 0 saturated carbocycles. The zero-order chi connectivity index (χ0) is 14.8. The third-order valence-corrected chi connectivity index (χ3v) is 3.62. The first-order valence-corrected chi connectivity index (χ1v) is 6.96. The Morgan fingerprint density at radius 2 is 2.14 bits per heavy atom. The SMILES string of the molecule is CC1CN(C(=O)c2cncn2-c2ccc(F)cc2)CCN1. The Morgan fingerprint density at radius 3 is 2.86 bits per heavy atom. The number of carbonyl (C=O) groups excluding carboxylic acids is 1. The molecule has 2 aromatic rings. The summed E-state index contributed by atoms with van der Waals surface area (Å²) in [5, 5.41) is 3.31. The Morgan fingerprint density at radius 1 is 1.38 bits per heavy atom. The van der Waals surface area contributed by atoms with E-state index in [1.807, 2.05) is 4.90 Å². The van der Waals surface area contributed by atoms with Crippen molar-refractivity contribution in [3.8, 4) is 5.69 Å². The van der Waals surface area contributed by atoms with Crippen LogP contribution in [0.4, 0.5) is 4.39 Å². The Bertz CT molecular complexity index is 637.